The quantitative estimate of drug-likeness (QED) is 0.234. The first-order chi connectivity index (χ1) is 18.2. The summed E-state index contributed by atoms with van der Waals surface area (Å²) in [7, 11) is 0. The SMILES string of the molecule is CCCCCc1c(C(=O)C2CCCCC2)[nH]c(=O)n1Cc1ccc(-c2ccccc2-n2cnnn2)cc1. The summed E-state index contributed by atoms with van der Waals surface area (Å²) in [4.78, 5) is 29.4. The molecule has 5 rings (SSSR count). The minimum atomic E-state index is -0.196. The number of nitrogens with one attached hydrogen (secondary N) is 1. The van der Waals surface area contributed by atoms with Gasteiger partial charge in [-0.1, -0.05) is 81.5 Å². The van der Waals surface area contributed by atoms with Crippen LogP contribution in [0.25, 0.3) is 16.8 Å². The Morgan fingerprint density at radius 1 is 1.03 bits per heavy atom. The van der Waals surface area contributed by atoms with Gasteiger partial charge in [-0.3, -0.25) is 9.36 Å². The summed E-state index contributed by atoms with van der Waals surface area (Å²) in [5, 5.41) is 11.5. The maximum atomic E-state index is 13.4. The minimum Gasteiger partial charge on any atom is -0.303 e. The molecule has 2 aromatic heterocycles. The highest BCUT2D eigenvalue weighted by Gasteiger charge is 2.27. The molecule has 0 spiro atoms. The number of Topliss-reactive ketones (excluding diaryl/α,β-unsaturated/α-hetero) is 1. The van der Waals surface area contributed by atoms with Crippen LogP contribution >= 0.6 is 0 Å². The normalized spacial score (nSPS) is 14.2. The topological polar surface area (TPSA) is 98.5 Å². The van der Waals surface area contributed by atoms with Crippen LogP contribution in [0.5, 0.6) is 0 Å². The number of imidazole rings is 1. The van der Waals surface area contributed by atoms with Crippen LogP contribution < -0.4 is 5.69 Å². The number of ketones is 1. The predicted molar refractivity (Wildman–Crippen MR) is 143 cm³/mol. The van der Waals surface area contributed by atoms with E-state index in [1.54, 1.807) is 15.6 Å². The van der Waals surface area contributed by atoms with Crippen LogP contribution in [0.1, 0.15) is 80.0 Å². The van der Waals surface area contributed by atoms with Crippen LogP contribution in [0.15, 0.2) is 59.7 Å². The summed E-state index contributed by atoms with van der Waals surface area (Å²) >= 11 is 0. The average molecular weight is 499 g/mol. The van der Waals surface area contributed by atoms with Gasteiger partial charge >= 0.3 is 5.69 Å². The summed E-state index contributed by atoms with van der Waals surface area (Å²) in [5.74, 6) is 0.154. The number of tetrazole rings is 1. The number of hydrogen-bond acceptors (Lipinski definition) is 5. The number of aromatic amines is 1. The molecule has 0 atom stereocenters. The van der Waals surface area contributed by atoms with Crippen LogP contribution in [-0.2, 0) is 13.0 Å². The molecule has 2 aromatic carbocycles. The Labute approximate surface area is 216 Å². The van der Waals surface area contributed by atoms with Gasteiger partial charge in [-0.2, -0.15) is 4.68 Å². The van der Waals surface area contributed by atoms with E-state index in [-0.39, 0.29) is 17.4 Å². The van der Waals surface area contributed by atoms with Crippen molar-refractivity contribution in [2.45, 2.75) is 71.3 Å². The number of rotatable bonds is 10. The Hall–Kier alpha value is -3.81. The third kappa shape index (κ3) is 5.48. The number of benzene rings is 2. The Bertz CT molecular complexity index is 1380. The third-order valence-corrected chi connectivity index (χ3v) is 7.44. The molecule has 8 nitrogen and oxygen atoms in total. The van der Waals surface area contributed by atoms with Gasteiger partial charge in [-0.25, -0.2) is 4.79 Å². The molecule has 4 aromatic rings. The molecule has 0 radical (unpaired) electrons. The molecule has 37 heavy (non-hydrogen) atoms. The monoisotopic (exact) mass is 498 g/mol. The molecule has 2 heterocycles. The minimum absolute atomic E-state index is 0.0321. The molecule has 1 fully saturated rings. The molecule has 0 aliphatic heterocycles. The fourth-order valence-electron chi connectivity index (χ4n) is 5.41. The molecule has 0 unspecified atom stereocenters. The summed E-state index contributed by atoms with van der Waals surface area (Å²) in [6, 6.07) is 16.2. The predicted octanol–water partition coefficient (Wildman–Crippen LogP) is 5.36. The number of H-pyrrole nitrogens is 1. The number of unbranched alkanes of at least 4 members (excludes halogenated alkanes) is 2. The van der Waals surface area contributed by atoms with E-state index in [4.69, 9.17) is 0 Å². The Balaban J connectivity index is 1.42. The third-order valence-electron chi connectivity index (χ3n) is 7.44. The van der Waals surface area contributed by atoms with E-state index in [9.17, 15) is 9.59 Å². The standard InChI is InChI=1S/C29H34N6O2/c1-2-3-5-14-26-27(28(36)23-10-6-4-7-11-23)31-29(37)34(26)19-21-15-17-22(18-16-21)24-12-8-9-13-25(24)35-20-30-32-33-35/h8-9,12-13,15-18,20,23H,2-7,10-11,14,19H2,1H3,(H,31,37). The zero-order chi connectivity index (χ0) is 25.6. The van der Waals surface area contributed by atoms with Crippen LogP contribution in [-0.4, -0.2) is 35.5 Å². The first-order valence-corrected chi connectivity index (χ1v) is 13.4. The lowest BCUT2D eigenvalue weighted by molar-refractivity contribution is 0.0883. The molecule has 0 amide bonds. The summed E-state index contributed by atoms with van der Waals surface area (Å²) in [5.41, 5.74) is 5.17. The fraction of sp³-hybridized carbons (Fsp3) is 0.414. The molecule has 1 saturated carbocycles. The largest absolute Gasteiger partial charge is 0.326 e. The maximum absolute atomic E-state index is 13.4. The van der Waals surface area contributed by atoms with Crippen LogP contribution in [0.3, 0.4) is 0 Å². The Morgan fingerprint density at radius 3 is 2.54 bits per heavy atom. The van der Waals surface area contributed by atoms with Gasteiger partial charge in [-0.05, 0) is 53.3 Å². The summed E-state index contributed by atoms with van der Waals surface area (Å²) < 4.78 is 3.42. The van der Waals surface area contributed by atoms with Crippen molar-refractivity contribution in [1.29, 1.82) is 0 Å². The van der Waals surface area contributed by atoms with Gasteiger partial charge in [0.25, 0.3) is 0 Å². The van der Waals surface area contributed by atoms with Gasteiger partial charge < -0.3 is 4.98 Å². The maximum Gasteiger partial charge on any atom is 0.326 e. The lowest BCUT2D eigenvalue weighted by atomic mass is 9.84. The first kappa shape index (κ1) is 24.9. The molecule has 1 aliphatic rings. The van der Waals surface area contributed by atoms with Crippen molar-refractivity contribution in [3.8, 4) is 16.8 Å². The second kappa shape index (κ2) is 11.5. The van der Waals surface area contributed by atoms with E-state index in [0.29, 0.717) is 12.2 Å². The Morgan fingerprint density at radius 2 is 1.81 bits per heavy atom. The number of carbonyl (C=O) groups is 1. The molecule has 192 valence electrons. The zero-order valence-corrected chi connectivity index (χ0v) is 21.4. The van der Waals surface area contributed by atoms with Crippen LogP contribution in [0.4, 0.5) is 0 Å². The fourth-order valence-corrected chi connectivity index (χ4v) is 5.41. The van der Waals surface area contributed by atoms with Gasteiger partial charge in [-0.15, -0.1) is 5.10 Å². The second-order valence-corrected chi connectivity index (χ2v) is 9.96. The first-order valence-electron chi connectivity index (χ1n) is 13.4. The zero-order valence-electron chi connectivity index (χ0n) is 21.4. The highest BCUT2D eigenvalue weighted by Crippen LogP contribution is 2.29. The molecule has 1 aliphatic carbocycles. The number of para-hydroxylation sites is 1. The molecule has 0 bridgehead atoms. The molecular weight excluding hydrogens is 464 g/mol. The van der Waals surface area contributed by atoms with Crippen LogP contribution in [0.2, 0.25) is 0 Å². The van der Waals surface area contributed by atoms with Crippen molar-refractivity contribution in [2.24, 2.45) is 5.92 Å². The van der Waals surface area contributed by atoms with E-state index in [0.717, 1.165) is 79.4 Å². The van der Waals surface area contributed by atoms with E-state index in [1.165, 1.54) is 6.42 Å². The highest BCUT2D eigenvalue weighted by atomic mass is 16.2. The van der Waals surface area contributed by atoms with Gasteiger partial charge in [0.05, 0.1) is 17.9 Å². The van der Waals surface area contributed by atoms with E-state index in [1.807, 2.05) is 36.4 Å². The summed E-state index contributed by atoms with van der Waals surface area (Å²) in [6.07, 6.45) is 10.7. The summed E-state index contributed by atoms with van der Waals surface area (Å²) in [6.45, 7) is 2.60. The lowest BCUT2D eigenvalue weighted by Crippen LogP contribution is -2.20. The van der Waals surface area contributed by atoms with Crippen LogP contribution in [0, 0.1) is 5.92 Å². The van der Waals surface area contributed by atoms with Gasteiger partial charge in [0.1, 0.15) is 12.0 Å². The number of hydrogen-bond donors (Lipinski definition) is 1. The van der Waals surface area contributed by atoms with Gasteiger partial charge in [0, 0.05) is 11.5 Å². The average Bonchev–Trinajstić information content (AvgIpc) is 3.58. The van der Waals surface area contributed by atoms with E-state index in [2.05, 4.69) is 39.6 Å². The number of carbonyl (C=O) groups excluding carboxylic acids is 1. The Kier molecular flexibility index (Phi) is 7.73. The molecule has 1 N–H and O–H groups in total. The van der Waals surface area contributed by atoms with Crippen molar-refractivity contribution < 1.29 is 4.79 Å². The van der Waals surface area contributed by atoms with Gasteiger partial charge in [0.2, 0.25) is 0 Å². The molecular formula is C29H34N6O2. The lowest BCUT2D eigenvalue weighted by Gasteiger charge is -2.20. The van der Waals surface area contributed by atoms with Crippen molar-refractivity contribution in [3.63, 3.8) is 0 Å². The van der Waals surface area contributed by atoms with Crippen molar-refractivity contribution in [1.82, 2.24) is 29.8 Å². The van der Waals surface area contributed by atoms with Crippen molar-refractivity contribution >= 4 is 5.78 Å². The molecule has 8 heteroatoms. The number of aromatic nitrogens is 6. The van der Waals surface area contributed by atoms with Crippen molar-refractivity contribution in [3.05, 3.63) is 82.3 Å². The van der Waals surface area contributed by atoms with Gasteiger partial charge in [0.15, 0.2) is 5.78 Å². The smallest absolute Gasteiger partial charge is 0.303 e. The van der Waals surface area contributed by atoms with Crippen molar-refractivity contribution in [2.75, 3.05) is 0 Å². The molecule has 0 saturated heterocycles. The van der Waals surface area contributed by atoms with E-state index >= 15 is 0 Å². The highest BCUT2D eigenvalue weighted by molar-refractivity contribution is 5.97. The number of nitrogens with zero attached hydrogens (tertiary/aromatic N) is 5. The second-order valence-electron chi connectivity index (χ2n) is 9.96. The van der Waals surface area contributed by atoms with E-state index < -0.39 is 0 Å².